The van der Waals surface area contributed by atoms with Gasteiger partial charge in [-0.05, 0) is 37.0 Å². The van der Waals surface area contributed by atoms with Crippen LogP contribution in [0, 0.1) is 5.92 Å². The van der Waals surface area contributed by atoms with Crippen molar-refractivity contribution in [3.63, 3.8) is 0 Å². The van der Waals surface area contributed by atoms with Gasteiger partial charge in [-0.2, -0.15) is 0 Å². The molecular formula is C15H18O2S. The first-order chi connectivity index (χ1) is 8.65. The highest BCUT2D eigenvalue weighted by atomic mass is 32.2. The van der Waals surface area contributed by atoms with Crippen LogP contribution in [0.15, 0.2) is 46.9 Å². The van der Waals surface area contributed by atoms with E-state index in [4.69, 9.17) is 4.74 Å². The largest absolute Gasteiger partial charge is 0.443 e. The van der Waals surface area contributed by atoms with Crippen LogP contribution in [0.4, 0.5) is 0 Å². The molecule has 1 unspecified atom stereocenters. The van der Waals surface area contributed by atoms with E-state index in [-0.39, 0.29) is 11.4 Å². The van der Waals surface area contributed by atoms with Crippen molar-refractivity contribution in [1.82, 2.24) is 0 Å². The third-order valence-electron chi connectivity index (χ3n) is 2.81. The third-order valence-corrected chi connectivity index (χ3v) is 3.82. The highest BCUT2D eigenvalue weighted by molar-refractivity contribution is 8.00. The van der Waals surface area contributed by atoms with Gasteiger partial charge >= 0.3 is 5.97 Å². The van der Waals surface area contributed by atoms with Gasteiger partial charge in [0.15, 0.2) is 5.44 Å². The quantitative estimate of drug-likeness (QED) is 0.750. The van der Waals surface area contributed by atoms with Crippen LogP contribution in [-0.2, 0) is 9.53 Å². The summed E-state index contributed by atoms with van der Waals surface area (Å²) in [6, 6.07) is 10.0. The smallest absolute Gasteiger partial charge is 0.335 e. The molecule has 0 spiro atoms. The maximum atomic E-state index is 11.7. The van der Waals surface area contributed by atoms with Crippen molar-refractivity contribution in [3.05, 3.63) is 42.0 Å². The summed E-state index contributed by atoms with van der Waals surface area (Å²) in [6.07, 6.45) is 3.81. The molecule has 0 aromatic heterocycles. The lowest BCUT2D eigenvalue weighted by atomic mass is 10.0. The molecule has 0 saturated heterocycles. The lowest BCUT2D eigenvalue weighted by molar-refractivity contribution is -0.137. The predicted molar refractivity (Wildman–Crippen MR) is 74.3 cm³/mol. The minimum Gasteiger partial charge on any atom is -0.443 e. The van der Waals surface area contributed by atoms with Crippen LogP contribution in [0.3, 0.4) is 0 Å². The Labute approximate surface area is 112 Å². The van der Waals surface area contributed by atoms with Crippen molar-refractivity contribution >= 4 is 17.7 Å². The molecule has 2 rings (SSSR count). The number of ether oxygens (including phenoxy) is 1. The van der Waals surface area contributed by atoms with Crippen molar-refractivity contribution in [3.8, 4) is 0 Å². The van der Waals surface area contributed by atoms with Crippen LogP contribution in [0.5, 0.6) is 0 Å². The predicted octanol–water partition coefficient (Wildman–Crippen LogP) is 4.02. The molecule has 1 heterocycles. The standard InChI is InChI=1S/C15H18O2S/c1-11(2)8-9-12-10-14(17-15(12)16)18-13-6-4-3-5-7-13/h3-7,10-11,14H,8-9H2,1-2H3. The number of carbonyl (C=O) groups excluding carboxylic acids is 1. The molecule has 96 valence electrons. The maximum Gasteiger partial charge on any atom is 0.335 e. The number of esters is 1. The van der Waals surface area contributed by atoms with Gasteiger partial charge in [0.2, 0.25) is 0 Å². The summed E-state index contributed by atoms with van der Waals surface area (Å²) in [5, 5.41) is 0. The van der Waals surface area contributed by atoms with Gasteiger partial charge in [-0.15, -0.1) is 0 Å². The zero-order valence-electron chi connectivity index (χ0n) is 10.8. The van der Waals surface area contributed by atoms with Crippen LogP contribution in [0.1, 0.15) is 26.7 Å². The average Bonchev–Trinajstić information content (AvgIpc) is 2.68. The molecule has 3 heteroatoms. The van der Waals surface area contributed by atoms with Gasteiger partial charge in [0.25, 0.3) is 0 Å². The minimum absolute atomic E-state index is 0.149. The summed E-state index contributed by atoms with van der Waals surface area (Å²) < 4.78 is 5.34. The molecular weight excluding hydrogens is 244 g/mol. The Bertz CT molecular complexity index is 437. The van der Waals surface area contributed by atoms with Crippen LogP contribution >= 0.6 is 11.8 Å². The Morgan fingerprint density at radius 1 is 1.28 bits per heavy atom. The van der Waals surface area contributed by atoms with Crippen LogP contribution in [-0.4, -0.2) is 11.4 Å². The monoisotopic (exact) mass is 262 g/mol. The van der Waals surface area contributed by atoms with E-state index >= 15 is 0 Å². The van der Waals surface area contributed by atoms with Gasteiger partial charge in [0.05, 0.1) is 0 Å². The van der Waals surface area contributed by atoms with E-state index in [1.165, 1.54) is 0 Å². The van der Waals surface area contributed by atoms with Crippen LogP contribution in [0.2, 0.25) is 0 Å². The summed E-state index contributed by atoms with van der Waals surface area (Å²) in [4.78, 5) is 12.8. The third kappa shape index (κ3) is 3.64. The summed E-state index contributed by atoms with van der Waals surface area (Å²) in [5.41, 5.74) is 0.666. The number of carbonyl (C=O) groups is 1. The summed E-state index contributed by atoms with van der Waals surface area (Å²) in [5.74, 6) is 0.462. The van der Waals surface area contributed by atoms with Gasteiger partial charge in [-0.3, -0.25) is 0 Å². The number of rotatable bonds is 5. The first-order valence-corrected chi connectivity index (χ1v) is 7.16. The second-order valence-corrected chi connectivity index (χ2v) is 6.00. The topological polar surface area (TPSA) is 26.3 Å². The van der Waals surface area contributed by atoms with Gasteiger partial charge in [-0.25, -0.2) is 4.79 Å². The molecule has 0 bridgehead atoms. The Morgan fingerprint density at radius 3 is 2.67 bits per heavy atom. The van der Waals surface area contributed by atoms with Crippen molar-refractivity contribution in [2.75, 3.05) is 0 Å². The fourth-order valence-corrected chi connectivity index (χ4v) is 2.72. The Kier molecular flexibility index (Phi) is 4.48. The fraction of sp³-hybridized carbons (Fsp3) is 0.400. The molecule has 2 nitrogen and oxygen atoms in total. The Balaban J connectivity index is 1.94. The zero-order valence-corrected chi connectivity index (χ0v) is 11.6. The normalized spacial score (nSPS) is 18.9. The van der Waals surface area contributed by atoms with Gasteiger partial charge in [0.1, 0.15) is 0 Å². The van der Waals surface area contributed by atoms with Gasteiger partial charge in [0, 0.05) is 10.5 Å². The minimum atomic E-state index is -0.165. The average molecular weight is 262 g/mol. The van der Waals surface area contributed by atoms with E-state index in [1.807, 2.05) is 36.4 Å². The maximum absolute atomic E-state index is 11.7. The van der Waals surface area contributed by atoms with E-state index in [0.717, 1.165) is 23.3 Å². The molecule has 0 N–H and O–H groups in total. The number of hydrogen-bond donors (Lipinski definition) is 0. The molecule has 0 amide bonds. The molecule has 1 aliphatic rings. The molecule has 0 fully saturated rings. The number of benzene rings is 1. The second kappa shape index (κ2) is 6.10. The van der Waals surface area contributed by atoms with Crippen molar-refractivity contribution in [2.24, 2.45) is 5.92 Å². The van der Waals surface area contributed by atoms with E-state index < -0.39 is 0 Å². The van der Waals surface area contributed by atoms with Gasteiger partial charge < -0.3 is 4.74 Å². The Hall–Kier alpha value is -1.22. The molecule has 0 radical (unpaired) electrons. The molecule has 0 saturated carbocycles. The van der Waals surface area contributed by atoms with Crippen LogP contribution < -0.4 is 0 Å². The summed E-state index contributed by atoms with van der Waals surface area (Å²) in [6.45, 7) is 4.33. The number of cyclic esters (lactones) is 1. The zero-order chi connectivity index (χ0) is 13.0. The van der Waals surface area contributed by atoms with E-state index in [1.54, 1.807) is 11.8 Å². The van der Waals surface area contributed by atoms with Crippen LogP contribution in [0.25, 0.3) is 0 Å². The first-order valence-electron chi connectivity index (χ1n) is 6.28. The molecule has 1 aromatic carbocycles. The van der Waals surface area contributed by atoms with Crippen molar-refractivity contribution in [2.45, 2.75) is 37.0 Å². The fourth-order valence-electron chi connectivity index (χ4n) is 1.77. The first kappa shape index (κ1) is 13.2. The lowest BCUT2D eigenvalue weighted by Gasteiger charge is -2.06. The molecule has 1 aromatic rings. The molecule has 18 heavy (non-hydrogen) atoms. The number of thioether (sulfide) groups is 1. The molecule has 1 aliphatic heterocycles. The van der Waals surface area contributed by atoms with Crippen molar-refractivity contribution in [1.29, 1.82) is 0 Å². The van der Waals surface area contributed by atoms with E-state index in [9.17, 15) is 4.79 Å². The molecule has 0 aliphatic carbocycles. The van der Waals surface area contributed by atoms with Gasteiger partial charge in [-0.1, -0.05) is 43.8 Å². The van der Waals surface area contributed by atoms with E-state index in [0.29, 0.717) is 5.92 Å². The SMILES string of the molecule is CC(C)CCC1=CC(Sc2ccccc2)OC1=O. The summed E-state index contributed by atoms with van der Waals surface area (Å²) in [7, 11) is 0. The van der Waals surface area contributed by atoms with Crippen molar-refractivity contribution < 1.29 is 9.53 Å². The summed E-state index contributed by atoms with van der Waals surface area (Å²) >= 11 is 1.57. The second-order valence-electron chi connectivity index (χ2n) is 4.83. The molecule has 1 atom stereocenters. The Morgan fingerprint density at radius 2 is 2.00 bits per heavy atom. The number of hydrogen-bond acceptors (Lipinski definition) is 3. The highest BCUT2D eigenvalue weighted by Gasteiger charge is 2.25. The lowest BCUT2D eigenvalue weighted by Crippen LogP contribution is -2.04. The highest BCUT2D eigenvalue weighted by Crippen LogP contribution is 2.31. The van der Waals surface area contributed by atoms with E-state index in [2.05, 4.69) is 13.8 Å².